The molecular formula is C17H21F3N2O3. The van der Waals surface area contributed by atoms with Crippen molar-refractivity contribution in [1.82, 2.24) is 10.2 Å². The number of urea groups is 1. The van der Waals surface area contributed by atoms with E-state index in [1.165, 1.54) is 0 Å². The molecule has 0 bridgehead atoms. The zero-order valence-corrected chi connectivity index (χ0v) is 14.0. The summed E-state index contributed by atoms with van der Waals surface area (Å²) in [5, 5.41) is 11.5. The molecule has 5 nitrogen and oxygen atoms in total. The lowest BCUT2D eigenvalue weighted by Gasteiger charge is -2.18. The van der Waals surface area contributed by atoms with Gasteiger partial charge in [0, 0.05) is 19.6 Å². The van der Waals surface area contributed by atoms with Gasteiger partial charge in [-0.1, -0.05) is 38.1 Å². The van der Waals surface area contributed by atoms with Crippen LogP contribution in [0, 0.1) is 11.8 Å². The summed E-state index contributed by atoms with van der Waals surface area (Å²) in [4.78, 5) is 24.0. The van der Waals surface area contributed by atoms with Crippen LogP contribution in [0.25, 0.3) is 0 Å². The number of carboxylic acids is 1. The number of aliphatic carboxylic acids is 1. The molecule has 0 aliphatic carbocycles. The predicted molar refractivity (Wildman–Crippen MR) is 85.0 cm³/mol. The zero-order valence-electron chi connectivity index (χ0n) is 14.0. The second-order valence-electron chi connectivity index (χ2n) is 6.55. The molecule has 2 amide bonds. The Morgan fingerprint density at radius 3 is 2.28 bits per heavy atom. The molecule has 1 aliphatic rings. The van der Waals surface area contributed by atoms with Crippen LogP contribution < -0.4 is 5.32 Å². The third-order valence-electron chi connectivity index (χ3n) is 4.43. The van der Waals surface area contributed by atoms with E-state index in [4.69, 9.17) is 5.11 Å². The molecule has 1 heterocycles. The third-order valence-corrected chi connectivity index (χ3v) is 4.43. The summed E-state index contributed by atoms with van der Waals surface area (Å²) in [6, 6.07) is 6.87. The summed E-state index contributed by atoms with van der Waals surface area (Å²) in [5.74, 6) is -4.83. The van der Waals surface area contributed by atoms with Gasteiger partial charge in [0.2, 0.25) is 0 Å². The van der Waals surface area contributed by atoms with Crippen molar-refractivity contribution in [1.29, 1.82) is 0 Å². The van der Waals surface area contributed by atoms with Crippen LogP contribution in [0.3, 0.4) is 0 Å². The summed E-state index contributed by atoms with van der Waals surface area (Å²) in [6.45, 7) is 3.19. The van der Waals surface area contributed by atoms with Gasteiger partial charge in [-0.3, -0.25) is 4.79 Å². The van der Waals surface area contributed by atoms with Crippen molar-refractivity contribution in [2.75, 3.05) is 13.1 Å². The number of carbonyl (C=O) groups is 2. The summed E-state index contributed by atoms with van der Waals surface area (Å²) in [6.07, 6.45) is -4.65. The molecule has 1 aromatic rings. The first-order chi connectivity index (χ1) is 11.6. The Balaban J connectivity index is 1.96. The van der Waals surface area contributed by atoms with Crippen molar-refractivity contribution in [3.05, 3.63) is 35.4 Å². The Labute approximate surface area is 143 Å². The molecule has 2 atom stereocenters. The van der Waals surface area contributed by atoms with E-state index in [9.17, 15) is 22.8 Å². The SMILES string of the molecule is CC(C)c1ccc(CNC(=O)N2C[C@@H](C(F)(F)F)[C@H](C(=O)O)C2)cc1. The van der Waals surface area contributed by atoms with Crippen molar-refractivity contribution in [2.24, 2.45) is 11.8 Å². The van der Waals surface area contributed by atoms with E-state index in [1.807, 2.05) is 24.3 Å². The van der Waals surface area contributed by atoms with E-state index >= 15 is 0 Å². The van der Waals surface area contributed by atoms with Gasteiger partial charge in [-0.2, -0.15) is 13.2 Å². The fraction of sp³-hybridized carbons (Fsp3) is 0.529. The lowest BCUT2D eigenvalue weighted by Crippen LogP contribution is -2.39. The van der Waals surface area contributed by atoms with Gasteiger partial charge in [-0.15, -0.1) is 0 Å². The predicted octanol–water partition coefficient (Wildman–Crippen LogP) is 3.21. The van der Waals surface area contributed by atoms with E-state index in [1.54, 1.807) is 0 Å². The normalized spacial score (nSPS) is 20.8. The average molecular weight is 358 g/mol. The van der Waals surface area contributed by atoms with Gasteiger partial charge in [-0.05, 0) is 17.0 Å². The molecule has 25 heavy (non-hydrogen) atoms. The first-order valence-electron chi connectivity index (χ1n) is 8.00. The molecule has 0 aromatic heterocycles. The Bertz CT molecular complexity index is 629. The van der Waals surface area contributed by atoms with Gasteiger partial charge in [0.1, 0.15) is 0 Å². The molecule has 1 saturated heterocycles. The first kappa shape index (κ1) is 19.1. The lowest BCUT2D eigenvalue weighted by atomic mass is 9.96. The highest BCUT2D eigenvalue weighted by Crippen LogP contribution is 2.37. The van der Waals surface area contributed by atoms with Crippen LogP contribution in [0.5, 0.6) is 0 Å². The molecule has 0 radical (unpaired) electrons. The summed E-state index contributed by atoms with van der Waals surface area (Å²) in [5.41, 5.74) is 1.96. The van der Waals surface area contributed by atoms with Crippen molar-refractivity contribution < 1.29 is 27.9 Å². The van der Waals surface area contributed by atoms with Crippen LogP contribution in [0.1, 0.15) is 30.9 Å². The summed E-state index contributed by atoms with van der Waals surface area (Å²) < 4.78 is 38.8. The van der Waals surface area contributed by atoms with E-state index in [0.29, 0.717) is 5.92 Å². The maximum absolute atomic E-state index is 12.9. The van der Waals surface area contributed by atoms with Gasteiger partial charge in [-0.25, -0.2) is 4.79 Å². The fourth-order valence-corrected chi connectivity index (χ4v) is 2.86. The lowest BCUT2D eigenvalue weighted by molar-refractivity contribution is -0.187. The first-order valence-corrected chi connectivity index (χ1v) is 8.00. The molecule has 8 heteroatoms. The molecule has 1 aliphatic heterocycles. The summed E-state index contributed by atoms with van der Waals surface area (Å²) in [7, 11) is 0. The number of nitrogens with one attached hydrogen (secondary N) is 1. The highest BCUT2D eigenvalue weighted by atomic mass is 19.4. The van der Waals surface area contributed by atoms with Crippen LogP contribution in [-0.4, -0.2) is 41.3 Å². The number of carboxylic acid groups (broad SMARTS) is 1. The Morgan fingerprint density at radius 1 is 1.24 bits per heavy atom. The van der Waals surface area contributed by atoms with Crippen LogP contribution in [0.2, 0.25) is 0 Å². The molecule has 1 aromatic carbocycles. The number of likely N-dealkylation sites (tertiary alicyclic amines) is 1. The van der Waals surface area contributed by atoms with Crippen molar-refractivity contribution in [2.45, 2.75) is 32.5 Å². The summed E-state index contributed by atoms with van der Waals surface area (Å²) >= 11 is 0. The van der Waals surface area contributed by atoms with Crippen LogP contribution >= 0.6 is 0 Å². The number of halogens is 3. The Morgan fingerprint density at radius 2 is 1.84 bits per heavy atom. The minimum Gasteiger partial charge on any atom is -0.481 e. The minimum atomic E-state index is -4.65. The van der Waals surface area contributed by atoms with Gasteiger partial charge < -0.3 is 15.3 Å². The van der Waals surface area contributed by atoms with Crippen LogP contribution in [-0.2, 0) is 11.3 Å². The maximum atomic E-state index is 12.9. The number of rotatable bonds is 4. The van der Waals surface area contributed by atoms with E-state index in [2.05, 4.69) is 19.2 Å². The second-order valence-corrected chi connectivity index (χ2v) is 6.55. The average Bonchev–Trinajstić information content (AvgIpc) is 2.99. The second kappa shape index (κ2) is 7.33. The Hall–Kier alpha value is -2.25. The largest absolute Gasteiger partial charge is 0.481 e. The van der Waals surface area contributed by atoms with Crippen LogP contribution in [0.4, 0.5) is 18.0 Å². The highest BCUT2D eigenvalue weighted by Gasteiger charge is 2.53. The van der Waals surface area contributed by atoms with Gasteiger partial charge in [0.15, 0.2) is 0 Å². The number of hydrogen-bond donors (Lipinski definition) is 2. The Kier molecular flexibility index (Phi) is 5.59. The number of hydrogen-bond acceptors (Lipinski definition) is 2. The van der Waals surface area contributed by atoms with E-state index < -0.39 is 43.1 Å². The van der Waals surface area contributed by atoms with Crippen molar-refractivity contribution >= 4 is 12.0 Å². The zero-order chi connectivity index (χ0) is 18.8. The molecule has 0 unspecified atom stereocenters. The number of carbonyl (C=O) groups excluding carboxylic acids is 1. The highest BCUT2D eigenvalue weighted by molar-refractivity contribution is 5.77. The molecule has 138 valence electrons. The topological polar surface area (TPSA) is 69.6 Å². The number of benzene rings is 1. The fourth-order valence-electron chi connectivity index (χ4n) is 2.86. The molecule has 2 N–H and O–H groups in total. The molecule has 2 rings (SSSR count). The van der Waals surface area contributed by atoms with Gasteiger partial charge in [0.05, 0.1) is 11.8 Å². The van der Waals surface area contributed by atoms with Crippen molar-refractivity contribution in [3.8, 4) is 0 Å². The van der Waals surface area contributed by atoms with E-state index in [-0.39, 0.29) is 6.54 Å². The van der Waals surface area contributed by atoms with Gasteiger partial charge in [0.25, 0.3) is 0 Å². The minimum absolute atomic E-state index is 0.169. The maximum Gasteiger partial charge on any atom is 0.394 e. The van der Waals surface area contributed by atoms with E-state index in [0.717, 1.165) is 16.0 Å². The third kappa shape index (κ3) is 4.64. The molecule has 0 saturated carbocycles. The monoisotopic (exact) mass is 358 g/mol. The van der Waals surface area contributed by atoms with Gasteiger partial charge >= 0.3 is 18.2 Å². The number of amides is 2. The number of alkyl halides is 3. The molecule has 0 spiro atoms. The molecular weight excluding hydrogens is 337 g/mol. The number of nitrogens with zero attached hydrogens (tertiary/aromatic N) is 1. The smallest absolute Gasteiger partial charge is 0.394 e. The standard InChI is InChI=1S/C17H21F3N2O3/c1-10(2)12-5-3-11(4-6-12)7-21-16(25)22-8-13(15(23)24)14(9-22)17(18,19)20/h3-6,10,13-14H,7-9H2,1-2H3,(H,21,25)(H,23,24)/t13-,14-/m1/s1. The van der Waals surface area contributed by atoms with Crippen LogP contribution in [0.15, 0.2) is 24.3 Å². The molecule has 1 fully saturated rings. The van der Waals surface area contributed by atoms with Crippen molar-refractivity contribution in [3.63, 3.8) is 0 Å². The quantitative estimate of drug-likeness (QED) is 0.868.